The monoisotopic (exact) mass is 365 g/mol. The Hall–Kier alpha value is -3.39. The average Bonchev–Trinajstić information content (AvgIpc) is 2.77. The van der Waals surface area contributed by atoms with E-state index in [9.17, 15) is 0 Å². The Morgan fingerprint density at radius 3 is 2.32 bits per heavy atom. The standard InChI is InChI=1S/C26H23NO/c1-2-20-10-14-24(15-11-20)27-18-21-12-16-25(17-13-21)28-19-23-8-5-7-22-6-3-4-9-26(22)23/h3-18H,2,19H2,1H3. The maximum Gasteiger partial charge on any atom is 0.119 e. The molecule has 0 aliphatic rings. The molecule has 138 valence electrons. The Labute approximate surface area is 166 Å². The van der Waals surface area contributed by atoms with E-state index >= 15 is 0 Å². The van der Waals surface area contributed by atoms with Gasteiger partial charge in [-0.25, -0.2) is 0 Å². The second-order valence-corrected chi connectivity index (χ2v) is 6.77. The Morgan fingerprint density at radius 2 is 1.54 bits per heavy atom. The van der Waals surface area contributed by atoms with Gasteiger partial charge in [-0.3, -0.25) is 4.99 Å². The maximum absolute atomic E-state index is 6.00. The first kappa shape index (κ1) is 18.0. The van der Waals surface area contributed by atoms with Crippen LogP contribution < -0.4 is 4.74 Å². The molecule has 4 rings (SSSR count). The lowest BCUT2D eigenvalue weighted by Crippen LogP contribution is -1.96. The van der Waals surface area contributed by atoms with Gasteiger partial charge in [-0.2, -0.15) is 0 Å². The number of hydrogen-bond acceptors (Lipinski definition) is 2. The molecular formula is C26H23NO. The normalized spacial score (nSPS) is 11.2. The van der Waals surface area contributed by atoms with Gasteiger partial charge in [-0.1, -0.05) is 61.5 Å². The second kappa shape index (κ2) is 8.53. The van der Waals surface area contributed by atoms with Gasteiger partial charge in [-0.15, -0.1) is 0 Å². The molecule has 0 fully saturated rings. The van der Waals surface area contributed by atoms with Crippen molar-refractivity contribution >= 4 is 22.7 Å². The minimum Gasteiger partial charge on any atom is -0.489 e. The molecule has 4 aromatic carbocycles. The molecule has 0 heterocycles. The summed E-state index contributed by atoms with van der Waals surface area (Å²) in [6, 6.07) is 31.1. The highest BCUT2D eigenvalue weighted by molar-refractivity contribution is 5.85. The molecule has 2 nitrogen and oxygen atoms in total. The van der Waals surface area contributed by atoms with Crippen molar-refractivity contribution in [1.82, 2.24) is 0 Å². The summed E-state index contributed by atoms with van der Waals surface area (Å²) in [4.78, 5) is 4.54. The number of nitrogens with zero attached hydrogens (tertiary/aromatic N) is 1. The molecule has 2 heteroatoms. The van der Waals surface area contributed by atoms with Gasteiger partial charge in [0.25, 0.3) is 0 Å². The van der Waals surface area contributed by atoms with Crippen molar-refractivity contribution < 1.29 is 4.74 Å². The van der Waals surface area contributed by atoms with Crippen LogP contribution in [0.2, 0.25) is 0 Å². The van der Waals surface area contributed by atoms with E-state index in [-0.39, 0.29) is 0 Å². The van der Waals surface area contributed by atoms with Crippen LogP contribution >= 0.6 is 0 Å². The molecule has 0 amide bonds. The summed E-state index contributed by atoms with van der Waals surface area (Å²) in [6.07, 6.45) is 2.93. The Balaban J connectivity index is 1.41. The molecule has 4 aromatic rings. The minimum absolute atomic E-state index is 0.554. The molecule has 0 spiro atoms. The van der Waals surface area contributed by atoms with Gasteiger partial charge in [0.1, 0.15) is 12.4 Å². The summed E-state index contributed by atoms with van der Waals surface area (Å²) in [5, 5.41) is 2.48. The lowest BCUT2D eigenvalue weighted by atomic mass is 10.1. The van der Waals surface area contributed by atoms with Crippen molar-refractivity contribution in [2.75, 3.05) is 0 Å². The van der Waals surface area contributed by atoms with Crippen LogP contribution in [-0.4, -0.2) is 6.21 Å². The van der Waals surface area contributed by atoms with Crippen molar-refractivity contribution in [2.24, 2.45) is 4.99 Å². The number of hydrogen-bond donors (Lipinski definition) is 0. The van der Waals surface area contributed by atoms with Crippen LogP contribution in [0.3, 0.4) is 0 Å². The van der Waals surface area contributed by atoms with Crippen LogP contribution in [-0.2, 0) is 13.0 Å². The largest absolute Gasteiger partial charge is 0.489 e. The van der Waals surface area contributed by atoms with E-state index in [4.69, 9.17) is 4.74 Å². The highest BCUT2D eigenvalue weighted by Gasteiger charge is 2.01. The van der Waals surface area contributed by atoms with Crippen LogP contribution in [0.25, 0.3) is 10.8 Å². The zero-order valence-electron chi connectivity index (χ0n) is 16.0. The number of aryl methyl sites for hydroxylation is 1. The minimum atomic E-state index is 0.554. The number of benzene rings is 4. The third-order valence-electron chi connectivity index (χ3n) is 4.86. The summed E-state index contributed by atoms with van der Waals surface area (Å²) in [7, 11) is 0. The number of fused-ring (bicyclic) bond motifs is 1. The average molecular weight is 365 g/mol. The number of aliphatic imine (C=N–C) groups is 1. The van der Waals surface area contributed by atoms with E-state index < -0.39 is 0 Å². The maximum atomic E-state index is 6.00. The van der Waals surface area contributed by atoms with Crippen LogP contribution in [0.15, 0.2) is 96.0 Å². The van der Waals surface area contributed by atoms with Gasteiger partial charge in [0.2, 0.25) is 0 Å². The van der Waals surface area contributed by atoms with Crippen molar-refractivity contribution in [1.29, 1.82) is 0 Å². The smallest absolute Gasteiger partial charge is 0.119 e. The third kappa shape index (κ3) is 4.29. The van der Waals surface area contributed by atoms with E-state index in [1.165, 1.54) is 21.9 Å². The summed E-state index contributed by atoms with van der Waals surface area (Å²) in [5.41, 5.74) is 4.54. The van der Waals surface area contributed by atoms with Crippen molar-refractivity contribution in [3.05, 3.63) is 108 Å². The summed E-state index contributed by atoms with van der Waals surface area (Å²) >= 11 is 0. The molecule has 0 unspecified atom stereocenters. The van der Waals surface area contributed by atoms with Crippen molar-refractivity contribution in [3.8, 4) is 5.75 Å². The van der Waals surface area contributed by atoms with Crippen LogP contribution in [0.5, 0.6) is 5.75 Å². The molecule has 0 aliphatic heterocycles. The van der Waals surface area contributed by atoms with Gasteiger partial charge in [0.15, 0.2) is 0 Å². The fourth-order valence-corrected chi connectivity index (χ4v) is 3.20. The van der Waals surface area contributed by atoms with E-state index in [0.29, 0.717) is 6.61 Å². The third-order valence-corrected chi connectivity index (χ3v) is 4.86. The number of rotatable bonds is 6. The molecule has 0 radical (unpaired) electrons. The van der Waals surface area contributed by atoms with Crippen LogP contribution in [0.4, 0.5) is 5.69 Å². The van der Waals surface area contributed by atoms with Crippen molar-refractivity contribution in [2.45, 2.75) is 20.0 Å². The fourth-order valence-electron chi connectivity index (χ4n) is 3.20. The highest BCUT2D eigenvalue weighted by Crippen LogP contribution is 2.21. The first-order chi connectivity index (χ1) is 13.8. The highest BCUT2D eigenvalue weighted by atomic mass is 16.5. The quantitative estimate of drug-likeness (QED) is 0.347. The topological polar surface area (TPSA) is 21.6 Å². The van der Waals surface area contributed by atoms with Gasteiger partial charge in [-0.05, 0) is 70.3 Å². The van der Waals surface area contributed by atoms with Gasteiger partial charge < -0.3 is 4.74 Å². The molecule has 0 aliphatic carbocycles. The summed E-state index contributed by atoms with van der Waals surface area (Å²) in [6.45, 7) is 2.71. The molecule has 0 saturated carbocycles. The predicted octanol–water partition coefficient (Wildman–Crippen LogP) is 6.73. The Morgan fingerprint density at radius 1 is 0.786 bits per heavy atom. The zero-order valence-corrected chi connectivity index (χ0v) is 16.0. The SMILES string of the molecule is CCc1ccc(N=Cc2ccc(OCc3cccc4ccccc34)cc2)cc1. The molecule has 0 saturated heterocycles. The molecule has 0 atom stereocenters. The Kier molecular flexibility index (Phi) is 5.48. The second-order valence-electron chi connectivity index (χ2n) is 6.77. The van der Waals surface area contributed by atoms with Crippen molar-refractivity contribution in [3.63, 3.8) is 0 Å². The lowest BCUT2D eigenvalue weighted by molar-refractivity contribution is 0.307. The van der Waals surface area contributed by atoms with Gasteiger partial charge >= 0.3 is 0 Å². The van der Waals surface area contributed by atoms with E-state index in [1.807, 2.05) is 30.5 Å². The molecule has 0 bridgehead atoms. The van der Waals surface area contributed by atoms with Crippen LogP contribution in [0, 0.1) is 0 Å². The lowest BCUT2D eigenvalue weighted by Gasteiger charge is -2.09. The van der Waals surface area contributed by atoms with Gasteiger partial charge in [0.05, 0.1) is 5.69 Å². The molecular weight excluding hydrogens is 342 g/mol. The molecule has 0 aromatic heterocycles. The van der Waals surface area contributed by atoms with Crippen LogP contribution in [0.1, 0.15) is 23.6 Å². The first-order valence-electron chi connectivity index (χ1n) is 9.64. The van der Waals surface area contributed by atoms with E-state index in [1.54, 1.807) is 0 Å². The van der Waals surface area contributed by atoms with E-state index in [0.717, 1.165) is 23.4 Å². The summed E-state index contributed by atoms with van der Waals surface area (Å²) < 4.78 is 6.00. The molecule has 28 heavy (non-hydrogen) atoms. The Bertz CT molecular complexity index is 1070. The fraction of sp³-hybridized carbons (Fsp3) is 0.115. The molecule has 0 N–H and O–H groups in total. The number of ether oxygens (including phenoxy) is 1. The van der Waals surface area contributed by atoms with E-state index in [2.05, 4.69) is 78.6 Å². The zero-order chi connectivity index (χ0) is 19.2. The predicted molar refractivity (Wildman–Crippen MR) is 118 cm³/mol. The summed E-state index contributed by atoms with van der Waals surface area (Å²) in [5.74, 6) is 0.859. The van der Waals surface area contributed by atoms with Gasteiger partial charge in [0, 0.05) is 6.21 Å². The first-order valence-corrected chi connectivity index (χ1v) is 9.64.